The van der Waals surface area contributed by atoms with Crippen molar-refractivity contribution in [1.29, 1.82) is 0 Å². The fourth-order valence-corrected chi connectivity index (χ4v) is 4.35. The Balaban J connectivity index is 2.46. The quantitative estimate of drug-likeness (QED) is 0.677. The van der Waals surface area contributed by atoms with E-state index in [9.17, 15) is 13.2 Å². The number of amides is 1. The van der Waals surface area contributed by atoms with Gasteiger partial charge >= 0.3 is 0 Å². The van der Waals surface area contributed by atoms with E-state index in [1.54, 1.807) is 12.1 Å². The van der Waals surface area contributed by atoms with Crippen molar-refractivity contribution < 1.29 is 13.2 Å². The monoisotopic (exact) mass is 442 g/mol. The predicted molar refractivity (Wildman–Crippen MR) is 115 cm³/mol. The first-order valence-electron chi connectivity index (χ1n) is 8.85. The second-order valence-electron chi connectivity index (χ2n) is 7.05. The summed E-state index contributed by atoms with van der Waals surface area (Å²) in [6.45, 7) is 7.30. The van der Waals surface area contributed by atoms with E-state index >= 15 is 0 Å². The van der Waals surface area contributed by atoms with Gasteiger partial charge in [-0.15, -0.1) is 0 Å². The second kappa shape index (κ2) is 9.16. The van der Waals surface area contributed by atoms with E-state index in [0.29, 0.717) is 0 Å². The Hall–Kier alpha value is -1.76. The van der Waals surface area contributed by atoms with Gasteiger partial charge in [-0.05, 0) is 50.1 Å². The van der Waals surface area contributed by atoms with Gasteiger partial charge in [0.1, 0.15) is 6.54 Å². The Morgan fingerprint density at radius 3 is 2.07 bits per heavy atom. The average molecular weight is 443 g/mol. The van der Waals surface area contributed by atoms with E-state index in [0.717, 1.165) is 9.87 Å². The standard InChI is InChI=1S/C20H24Cl2N2O3S/c1-13(2)15(4)23-20(25)12-24(18-10-16(21)9-17(22)11-18)28(26,27)19-7-5-14(3)6-8-19/h5-11,13,15H,12H2,1-4H3,(H,23,25)/t15-/m1/s1. The van der Waals surface area contributed by atoms with Crippen LogP contribution in [-0.2, 0) is 14.8 Å². The topological polar surface area (TPSA) is 66.5 Å². The van der Waals surface area contributed by atoms with Gasteiger partial charge in [0.05, 0.1) is 10.6 Å². The summed E-state index contributed by atoms with van der Waals surface area (Å²) in [4.78, 5) is 12.6. The number of sulfonamides is 1. The third-order valence-electron chi connectivity index (χ3n) is 4.42. The van der Waals surface area contributed by atoms with Crippen LogP contribution in [-0.4, -0.2) is 26.9 Å². The van der Waals surface area contributed by atoms with Crippen molar-refractivity contribution >= 4 is 44.8 Å². The molecule has 0 aliphatic carbocycles. The molecule has 0 spiro atoms. The molecule has 0 aliphatic rings. The van der Waals surface area contributed by atoms with Crippen molar-refractivity contribution in [2.75, 3.05) is 10.8 Å². The van der Waals surface area contributed by atoms with Crippen LogP contribution in [0, 0.1) is 12.8 Å². The van der Waals surface area contributed by atoms with Gasteiger partial charge in [-0.25, -0.2) is 8.42 Å². The number of halogens is 2. The van der Waals surface area contributed by atoms with E-state index in [-0.39, 0.29) is 39.1 Å². The molecule has 0 bridgehead atoms. The molecule has 1 atom stereocenters. The zero-order valence-corrected chi connectivity index (χ0v) is 18.6. The number of carbonyl (C=O) groups excluding carboxylic acids is 1. The van der Waals surface area contributed by atoms with Gasteiger partial charge in [-0.1, -0.05) is 54.7 Å². The highest BCUT2D eigenvalue weighted by Crippen LogP contribution is 2.29. The lowest BCUT2D eigenvalue weighted by atomic mass is 10.1. The molecule has 28 heavy (non-hydrogen) atoms. The number of anilines is 1. The molecule has 5 nitrogen and oxygen atoms in total. The van der Waals surface area contributed by atoms with Crippen LogP contribution in [0.5, 0.6) is 0 Å². The molecule has 1 N–H and O–H groups in total. The third-order valence-corrected chi connectivity index (χ3v) is 6.64. The molecule has 0 fully saturated rings. The molecular formula is C20H24Cl2N2O3S. The van der Waals surface area contributed by atoms with Crippen molar-refractivity contribution in [3.05, 3.63) is 58.1 Å². The maximum Gasteiger partial charge on any atom is 0.264 e. The van der Waals surface area contributed by atoms with E-state index in [4.69, 9.17) is 23.2 Å². The molecule has 2 rings (SSSR count). The van der Waals surface area contributed by atoms with Crippen LogP contribution < -0.4 is 9.62 Å². The van der Waals surface area contributed by atoms with E-state index in [2.05, 4.69) is 5.32 Å². The fraction of sp³-hybridized carbons (Fsp3) is 0.350. The molecule has 0 heterocycles. The molecular weight excluding hydrogens is 419 g/mol. The Morgan fingerprint density at radius 1 is 1.04 bits per heavy atom. The van der Waals surface area contributed by atoms with Gasteiger partial charge in [0, 0.05) is 16.1 Å². The van der Waals surface area contributed by atoms with Crippen molar-refractivity contribution in [3.8, 4) is 0 Å². The van der Waals surface area contributed by atoms with Crippen molar-refractivity contribution in [1.82, 2.24) is 5.32 Å². The first kappa shape index (κ1) is 22.5. The Kier molecular flexibility index (Phi) is 7.37. The molecule has 0 unspecified atom stereocenters. The number of carbonyl (C=O) groups is 1. The molecule has 1 amide bonds. The minimum absolute atomic E-state index is 0.0823. The van der Waals surface area contributed by atoms with Gasteiger partial charge < -0.3 is 5.32 Å². The zero-order valence-electron chi connectivity index (χ0n) is 16.2. The van der Waals surface area contributed by atoms with E-state index in [1.807, 2.05) is 27.7 Å². The van der Waals surface area contributed by atoms with E-state index in [1.165, 1.54) is 30.3 Å². The highest BCUT2D eigenvalue weighted by Gasteiger charge is 2.28. The summed E-state index contributed by atoms with van der Waals surface area (Å²) in [6.07, 6.45) is 0. The molecule has 8 heteroatoms. The number of rotatable bonds is 7. The van der Waals surface area contributed by atoms with Gasteiger partial charge in [-0.2, -0.15) is 0 Å². The van der Waals surface area contributed by atoms with Crippen LogP contribution in [0.4, 0.5) is 5.69 Å². The maximum absolute atomic E-state index is 13.3. The Morgan fingerprint density at radius 2 is 1.57 bits per heavy atom. The number of hydrogen-bond acceptors (Lipinski definition) is 3. The Bertz CT molecular complexity index is 924. The highest BCUT2D eigenvalue weighted by molar-refractivity contribution is 7.92. The normalized spacial score (nSPS) is 12.7. The molecule has 0 aliphatic heterocycles. The van der Waals surface area contributed by atoms with Crippen LogP contribution in [0.3, 0.4) is 0 Å². The highest BCUT2D eigenvalue weighted by atomic mass is 35.5. The lowest BCUT2D eigenvalue weighted by Gasteiger charge is -2.26. The number of hydrogen-bond donors (Lipinski definition) is 1. The number of nitrogens with one attached hydrogen (secondary N) is 1. The summed E-state index contributed by atoms with van der Waals surface area (Å²) >= 11 is 12.1. The van der Waals surface area contributed by atoms with Crippen molar-refractivity contribution in [2.24, 2.45) is 5.92 Å². The largest absolute Gasteiger partial charge is 0.352 e. The number of aryl methyl sites for hydroxylation is 1. The van der Waals surface area contributed by atoms with Crippen LogP contribution in [0.25, 0.3) is 0 Å². The summed E-state index contributed by atoms with van der Waals surface area (Å²) < 4.78 is 27.6. The minimum atomic E-state index is -4.00. The summed E-state index contributed by atoms with van der Waals surface area (Å²) in [5.74, 6) is -0.195. The molecule has 152 valence electrons. The Labute approximate surface area is 176 Å². The van der Waals surface area contributed by atoms with Gasteiger partial charge in [0.25, 0.3) is 10.0 Å². The van der Waals surface area contributed by atoms with Gasteiger partial charge in [0.15, 0.2) is 0 Å². The SMILES string of the molecule is Cc1ccc(S(=O)(=O)N(CC(=O)N[C@H](C)C(C)C)c2cc(Cl)cc(Cl)c2)cc1. The van der Waals surface area contributed by atoms with Crippen LogP contribution in [0.15, 0.2) is 47.4 Å². The van der Waals surface area contributed by atoms with Crippen molar-refractivity contribution in [2.45, 2.75) is 38.6 Å². The molecule has 2 aromatic carbocycles. The number of nitrogens with zero attached hydrogens (tertiary/aromatic N) is 1. The summed E-state index contributed by atoms with van der Waals surface area (Å²) in [6, 6.07) is 10.8. The first-order valence-corrected chi connectivity index (χ1v) is 11.0. The molecule has 0 aromatic heterocycles. The summed E-state index contributed by atoms with van der Waals surface area (Å²) in [7, 11) is -4.00. The number of benzene rings is 2. The summed E-state index contributed by atoms with van der Waals surface area (Å²) in [5, 5.41) is 3.39. The van der Waals surface area contributed by atoms with Crippen LogP contribution >= 0.6 is 23.2 Å². The van der Waals surface area contributed by atoms with Crippen molar-refractivity contribution in [3.63, 3.8) is 0 Å². The first-order chi connectivity index (χ1) is 13.0. The van der Waals surface area contributed by atoms with Crippen LogP contribution in [0.1, 0.15) is 26.3 Å². The molecule has 0 saturated carbocycles. The maximum atomic E-state index is 13.3. The van der Waals surface area contributed by atoms with Gasteiger partial charge in [-0.3, -0.25) is 9.10 Å². The lowest BCUT2D eigenvalue weighted by Crippen LogP contribution is -2.45. The van der Waals surface area contributed by atoms with Gasteiger partial charge in [0.2, 0.25) is 5.91 Å². The molecule has 0 saturated heterocycles. The second-order valence-corrected chi connectivity index (χ2v) is 9.79. The smallest absolute Gasteiger partial charge is 0.264 e. The fourth-order valence-electron chi connectivity index (χ4n) is 2.43. The average Bonchev–Trinajstić information content (AvgIpc) is 2.58. The molecule has 0 radical (unpaired) electrons. The molecule has 2 aromatic rings. The van der Waals surface area contributed by atoms with Crippen LogP contribution in [0.2, 0.25) is 10.0 Å². The summed E-state index contributed by atoms with van der Waals surface area (Å²) in [5.41, 5.74) is 1.16. The third kappa shape index (κ3) is 5.63. The minimum Gasteiger partial charge on any atom is -0.352 e. The van der Waals surface area contributed by atoms with E-state index < -0.39 is 15.9 Å². The zero-order chi connectivity index (χ0) is 21.1. The predicted octanol–water partition coefficient (Wildman–Crippen LogP) is 4.66. The lowest BCUT2D eigenvalue weighted by molar-refractivity contribution is -0.120.